The number of aryl methyl sites for hydroxylation is 1. The van der Waals surface area contributed by atoms with Crippen molar-refractivity contribution in [2.75, 3.05) is 19.6 Å². The normalized spacial score (nSPS) is 16.3. The van der Waals surface area contributed by atoms with Crippen LogP contribution in [-0.4, -0.2) is 34.1 Å². The van der Waals surface area contributed by atoms with E-state index in [0.29, 0.717) is 9.24 Å². The van der Waals surface area contributed by atoms with E-state index in [9.17, 15) is 4.39 Å². The van der Waals surface area contributed by atoms with Crippen LogP contribution in [0.15, 0.2) is 16.6 Å². The third-order valence-electron chi connectivity index (χ3n) is 3.87. The molecule has 1 aliphatic heterocycles. The molecule has 0 saturated carbocycles. The van der Waals surface area contributed by atoms with Crippen molar-refractivity contribution >= 4 is 39.2 Å². The summed E-state index contributed by atoms with van der Waals surface area (Å²) in [5, 5.41) is 0. The zero-order valence-electron chi connectivity index (χ0n) is 11.2. The molecule has 2 aromatic rings. The molecular weight excluding hydrogens is 341 g/mol. The Balaban J connectivity index is 1.78. The lowest BCUT2D eigenvalue weighted by Gasteiger charge is -2.14. The average Bonchev–Trinajstić information content (AvgIpc) is 3.01. The average molecular weight is 358 g/mol. The number of imidazole rings is 1. The van der Waals surface area contributed by atoms with Gasteiger partial charge in [-0.05, 0) is 73.1 Å². The summed E-state index contributed by atoms with van der Waals surface area (Å²) in [6, 6.07) is 3.29. The molecule has 0 bridgehead atoms. The third kappa shape index (κ3) is 2.82. The highest BCUT2D eigenvalue weighted by molar-refractivity contribution is 9.10. The maximum absolute atomic E-state index is 13.5. The summed E-state index contributed by atoms with van der Waals surface area (Å²) in [4.78, 5) is 5.57. The summed E-state index contributed by atoms with van der Waals surface area (Å²) in [5.41, 5.74) is 1.72. The van der Waals surface area contributed by atoms with Gasteiger partial charge in [-0.15, -0.1) is 0 Å². The molecule has 2 heterocycles. The lowest BCUT2D eigenvalue weighted by molar-refractivity contribution is 0.326. The first-order valence-electron chi connectivity index (χ1n) is 6.95. The van der Waals surface area contributed by atoms with Gasteiger partial charge in [0.25, 0.3) is 0 Å². The Morgan fingerprint density at radius 3 is 2.75 bits per heavy atom. The third-order valence-corrected chi connectivity index (χ3v) is 4.80. The van der Waals surface area contributed by atoms with E-state index in [2.05, 4.69) is 30.4 Å². The van der Waals surface area contributed by atoms with Gasteiger partial charge in [-0.25, -0.2) is 4.39 Å². The van der Waals surface area contributed by atoms with Gasteiger partial charge in [-0.3, -0.25) is 0 Å². The molecule has 0 unspecified atom stereocenters. The summed E-state index contributed by atoms with van der Waals surface area (Å²) in [7, 11) is 0. The van der Waals surface area contributed by atoms with Crippen LogP contribution in [0.25, 0.3) is 11.0 Å². The Bertz CT molecular complexity index is 673. The fourth-order valence-electron chi connectivity index (χ4n) is 2.83. The van der Waals surface area contributed by atoms with Crippen molar-refractivity contribution in [2.45, 2.75) is 25.8 Å². The van der Waals surface area contributed by atoms with Gasteiger partial charge in [0.15, 0.2) is 4.77 Å². The summed E-state index contributed by atoms with van der Waals surface area (Å²) >= 11 is 8.58. The second kappa shape index (κ2) is 5.95. The van der Waals surface area contributed by atoms with Crippen LogP contribution in [0.2, 0.25) is 0 Å². The number of halogens is 2. The quantitative estimate of drug-likeness (QED) is 0.833. The monoisotopic (exact) mass is 357 g/mol. The first-order valence-corrected chi connectivity index (χ1v) is 8.15. The summed E-state index contributed by atoms with van der Waals surface area (Å²) in [6.45, 7) is 4.41. The number of rotatable bonds is 4. The molecule has 1 aromatic carbocycles. The van der Waals surface area contributed by atoms with Crippen molar-refractivity contribution in [3.05, 3.63) is 27.2 Å². The van der Waals surface area contributed by atoms with Crippen LogP contribution in [-0.2, 0) is 6.54 Å². The molecule has 1 aromatic heterocycles. The Morgan fingerprint density at radius 1 is 1.25 bits per heavy atom. The first-order chi connectivity index (χ1) is 9.65. The van der Waals surface area contributed by atoms with Gasteiger partial charge in [0.1, 0.15) is 5.82 Å². The summed E-state index contributed by atoms with van der Waals surface area (Å²) in [5.74, 6) is -0.266. The van der Waals surface area contributed by atoms with Gasteiger partial charge in [-0.2, -0.15) is 0 Å². The Morgan fingerprint density at radius 2 is 2.00 bits per heavy atom. The molecule has 0 spiro atoms. The van der Waals surface area contributed by atoms with Crippen LogP contribution in [0.3, 0.4) is 0 Å². The standard InChI is InChI=1S/C14H17BrFN3S/c15-10-8-13-12(9-11(10)16)17-14(20)19(13)7-3-6-18-4-1-2-5-18/h8-9H,1-7H2,(H,17,20). The molecule has 1 aliphatic rings. The molecule has 1 fully saturated rings. The first kappa shape index (κ1) is 14.2. The van der Waals surface area contributed by atoms with Crippen molar-refractivity contribution < 1.29 is 4.39 Å². The van der Waals surface area contributed by atoms with Crippen molar-refractivity contribution in [3.63, 3.8) is 0 Å². The number of nitrogens with one attached hydrogen (secondary N) is 1. The predicted molar refractivity (Wildman–Crippen MR) is 85.1 cm³/mol. The van der Waals surface area contributed by atoms with Gasteiger partial charge >= 0.3 is 0 Å². The molecule has 3 nitrogen and oxygen atoms in total. The number of H-pyrrole nitrogens is 1. The van der Waals surface area contributed by atoms with E-state index in [4.69, 9.17) is 12.2 Å². The van der Waals surface area contributed by atoms with E-state index in [-0.39, 0.29) is 5.82 Å². The Hall–Kier alpha value is -0.720. The van der Waals surface area contributed by atoms with Gasteiger partial charge in [0.05, 0.1) is 15.5 Å². The van der Waals surface area contributed by atoms with Crippen molar-refractivity contribution in [1.29, 1.82) is 0 Å². The van der Waals surface area contributed by atoms with Gasteiger partial charge in [0.2, 0.25) is 0 Å². The number of hydrogen-bond acceptors (Lipinski definition) is 2. The maximum Gasteiger partial charge on any atom is 0.178 e. The van der Waals surface area contributed by atoms with E-state index < -0.39 is 0 Å². The summed E-state index contributed by atoms with van der Waals surface area (Å²) in [6.07, 6.45) is 3.70. The number of benzene rings is 1. The smallest absolute Gasteiger partial charge is 0.178 e. The van der Waals surface area contributed by atoms with Crippen molar-refractivity contribution in [3.8, 4) is 0 Å². The number of aromatic amines is 1. The van der Waals surface area contributed by atoms with Gasteiger partial charge in [0, 0.05) is 12.6 Å². The van der Waals surface area contributed by atoms with Gasteiger partial charge in [-0.1, -0.05) is 0 Å². The molecule has 0 radical (unpaired) electrons. The SMILES string of the molecule is Fc1cc2[nH]c(=S)n(CCCN3CCCC3)c2cc1Br. The maximum atomic E-state index is 13.5. The predicted octanol–water partition coefficient (Wildman–Crippen LogP) is 4.09. The number of fused-ring (bicyclic) bond motifs is 1. The molecule has 0 aliphatic carbocycles. The summed E-state index contributed by atoms with van der Waals surface area (Å²) < 4.78 is 16.7. The highest BCUT2D eigenvalue weighted by Crippen LogP contribution is 2.23. The number of hydrogen-bond donors (Lipinski definition) is 1. The second-order valence-electron chi connectivity index (χ2n) is 5.27. The van der Waals surface area contributed by atoms with Crippen LogP contribution in [0, 0.1) is 10.6 Å². The van der Waals surface area contributed by atoms with Gasteiger partial charge < -0.3 is 14.5 Å². The highest BCUT2D eigenvalue weighted by Gasteiger charge is 2.12. The van der Waals surface area contributed by atoms with Crippen molar-refractivity contribution in [2.24, 2.45) is 0 Å². The fourth-order valence-corrected chi connectivity index (χ4v) is 3.46. The molecule has 1 saturated heterocycles. The van der Waals surface area contributed by atoms with Crippen molar-refractivity contribution in [1.82, 2.24) is 14.5 Å². The molecule has 20 heavy (non-hydrogen) atoms. The minimum absolute atomic E-state index is 0.266. The highest BCUT2D eigenvalue weighted by atomic mass is 79.9. The van der Waals surface area contributed by atoms with Crippen LogP contribution < -0.4 is 0 Å². The molecule has 0 atom stereocenters. The second-order valence-corrected chi connectivity index (χ2v) is 6.51. The van der Waals surface area contributed by atoms with E-state index in [0.717, 1.165) is 30.5 Å². The van der Waals surface area contributed by atoms with E-state index in [1.165, 1.54) is 32.0 Å². The minimum atomic E-state index is -0.266. The molecular formula is C14H17BrFN3S. The zero-order chi connectivity index (χ0) is 14.1. The van der Waals surface area contributed by atoms with E-state index >= 15 is 0 Å². The number of likely N-dealkylation sites (tertiary alicyclic amines) is 1. The lowest BCUT2D eigenvalue weighted by Crippen LogP contribution is -2.21. The van der Waals surface area contributed by atoms with Crippen LogP contribution >= 0.6 is 28.1 Å². The van der Waals surface area contributed by atoms with Crippen LogP contribution in [0.4, 0.5) is 4.39 Å². The Labute approximate surface area is 130 Å². The largest absolute Gasteiger partial charge is 0.330 e. The molecule has 108 valence electrons. The van der Waals surface area contributed by atoms with E-state index in [1.54, 1.807) is 6.07 Å². The number of nitrogens with zero attached hydrogens (tertiary/aromatic N) is 2. The molecule has 1 N–H and O–H groups in total. The molecule has 3 rings (SSSR count). The minimum Gasteiger partial charge on any atom is -0.330 e. The zero-order valence-corrected chi connectivity index (χ0v) is 13.6. The number of aromatic nitrogens is 2. The molecule has 6 heteroatoms. The molecule has 0 amide bonds. The lowest BCUT2D eigenvalue weighted by atomic mass is 10.3. The van der Waals surface area contributed by atoms with Crippen LogP contribution in [0.5, 0.6) is 0 Å². The fraction of sp³-hybridized carbons (Fsp3) is 0.500. The Kier molecular flexibility index (Phi) is 4.23. The van der Waals surface area contributed by atoms with Crippen LogP contribution in [0.1, 0.15) is 19.3 Å². The topological polar surface area (TPSA) is 24.0 Å². The van der Waals surface area contributed by atoms with E-state index in [1.807, 2.05) is 0 Å².